The van der Waals surface area contributed by atoms with Gasteiger partial charge in [0.1, 0.15) is 0 Å². The molecule has 0 aromatic heterocycles. The van der Waals surface area contributed by atoms with Gasteiger partial charge in [0, 0.05) is 35.8 Å². The van der Waals surface area contributed by atoms with E-state index in [1.165, 1.54) is 0 Å². The molecule has 3 nitrogen and oxygen atoms in total. The van der Waals surface area contributed by atoms with Crippen LogP contribution in [-0.2, 0) is 5.60 Å². The zero-order valence-electron chi connectivity index (χ0n) is 19.0. The summed E-state index contributed by atoms with van der Waals surface area (Å²) < 4.78 is 0. The monoisotopic (exact) mass is 453 g/mol. The smallest absolute Gasteiger partial charge is 0.203 e. The van der Waals surface area contributed by atoms with Crippen LogP contribution in [0.2, 0.25) is 0 Å². The van der Waals surface area contributed by atoms with E-state index in [2.05, 4.69) is 12.1 Å². The fraction of sp³-hybridized carbons (Fsp3) is 0.138. The van der Waals surface area contributed by atoms with Crippen LogP contribution in [-0.4, -0.2) is 31.2 Å². The molecular formula is C29H27NO2S. The summed E-state index contributed by atoms with van der Waals surface area (Å²) >= 11 is 1.68. The van der Waals surface area contributed by atoms with Gasteiger partial charge < -0.3 is 10.0 Å². The molecule has 0 aliphatic heterocycles. The van der Waals surface area contributed by atoms with Crippen molar-refractivity contribution in [3.8, 4) is 11.1 Å². The molecule has 33 heavy (non-hydrogen) atoms. The van der Waals surface area contributed by atoms with Crippen LogP contribution in [0, 0.1) is 0 Å². The van der Waals surface area contributed by atoms with Crippen molar-refractivity contribution in [1.29, 1.82) is 0 Å². The fourth-order valence-electron chi connectivity index (χ4n) is 4.02. The Balaban J connectivity index is 2.00. The molecule has 4 aromatic carbocycles. The highest BCUT2D eigenvalue weighted by atomic mass is 32.2. The first-order valence-electron chi connectivity index (χ1n) is 10.8. The molecule has 0 saturated carbocycles. The van der Waals surface area contributed by atoms with Crippen LogP contribution in [0.15, 0.2) is 108 Å². The van der Waals surface area contributed by atoms with Gasteiger partial charge in [0.2, 0.25) is 5.78 Å². The molecule has 4 rings (SSSR count). The summed E-state index contributed by atoms with van der Waals surface area (Å²) in [7, 11) is 3.96. The van der Waals surface area contributed by atoms with Gasteiger partial charge in [-0.15, -0.1) is 11.8 Å². The number of Topliss-reactive ketones (excluding diaryl/α,β-unsaturated/α-hetero) is 1. The number of benzene rings is 4. The van der Waals surface area contributed by atoms with Crippen LogP contribution in [0.25, 0.3) is 11.1 Å². The Morgan fingerprint density at radius 1 is 0.818 bits per heavy atom. The van der Waals surface area contributed by atoms with Gasteiger partial charge >= 0.3 is 0 Å². The van der Waals surface area contributed by atoms with E-state index in [4.69, 9.17) is 0 Å². The number of rotatable bonds is 7. The highest BCUT2D eigenvalue weighted by Gasteiger charge is 2.42. The lowest BCUT2D eigenvalue weighted by molar-refractivity contribution is 0.0490. The zero-order chi connectivity index (χ0) is 23.4. The summed E-state index contributed by atoms with van der Waals surface area (Å²) in [5.41, 5.74) is 2.48. The molecular weight excluding hydrogens is 426 g/mol. The van der Waals surface area contributed by atoms with E-state index in [0.717, 1.165) is 21.7 Å². The predicted octanol–water partition coefficient (Wildman–Crippen LogP) is 6.26. The maximum absolute atomic E-state index is 13.9. The number of carbonyl (C=O) groups is 1. The first kappa shape index (κ1) is 22.8. The van der Waals surface area contributed by atoms with Crippen molar-refractivity contribution in [3.05, 3.63) is 120 Å². The maximum Gasteiger partial charge on any atom is 0.203 e. The van der Waals surface area contributed by atoms with E-state index in [1.54, 1.807) is 36.0 Å². The van der Waals surface area contributed by atoms with Crippen molar-refractivity contribution < 1.29 is 9.90 Å². The van der Waals surface area contributed by atoms with Gasteiger partial charge in [-0.3, -0.25) is 4.79 Å². The predicted molar refractivity (Wildman–Crippen MR) is 138 cm³/mol. The maximum atomic E-state index is 13.9. The molecule has 166 valence electrons. The van der Waals surface area contributed by atoms with E-state index in [9.17, 15) is 9.90 Å². The molecule has 0 amide bonds. The van der Waals surface area contributed by atoms with Gasteiger partial charge in [-0.1, -0.05) is 78.9 Å². The van der Waals surface area contributed by atoms with Crippen molar-refractivity contribution in [2.24, 2.45) is 0 Å². The summed E-state index contributed by atoms with van der Waals surface area (Å²) in [4.78, 5) is 17.1. The zero-order valence-corrected chi connectivity index (χ0v) is 19.8. The molecule has 1 N–H and O–H groups in total. The molecule has 0 fully saturated rings. The summed E-state index contributed by atoms with van der Waals surface area (Å²) in [6.07, 6.45) is 2.04. The summed E-state index contributed by atoms with van der Waals surface area (Å²) in [6.45, 7) is 0. The molecule has 0 aliphatic carbocycles. The van der Waals surface area contributed by atoms with Gasteiger partial charge in [-0.05, 0) is 47.2 Å². The van der Waals surface area contributed by atoms with E-state index in [0.29, 0.717) is 16.7 Å². The van der Waals surface area contributed by atoms with Crippen LogP contribution in [0.3, 0.4) is 0 Å². The average molecular weight is 454 g/mol. The SMILES string of the molecule is CSc1ccc(-c2cc(N(C)C)ccc2C(O)(C(=O)c2ccccc2)c2ccccc2)cc1. The van der Waals surface area contributed by atoms with E-state index in [1.807, 2.05) is 92.0 Å². The van der Waals surface area contributed by atoms with Crippen LogP contribution < -0.4 is 4.90 Å². The molecule has 0 radical (unpaired) electrons. The number of nitrogens with zero attached hydrogens (tertiary/aromatic N) is 1. The van der Waals surface area contributed by atoms with Crippen molar-refractivity contribution >= 4 is 23.2 Å². The highest BCUT2D eigenvalue weighted by molar-refractivity contribution is 7.98. The summed E-state index contributed by atoms with van der Waals surface area (Å²) in [5, 5.41) is 12.3. The van der Waals surface area contributed by atoms with E-state index < -0.39 is 5.60 Å². The van der Waals surface area contributed by atoms with Crippen molar-refractivity contribution in [3.63, 3.8) is 0 Å². The standard InChI is InChI=1S/C29H27NO2S/c1-30(2)24-16-19-27(26(20-24)21-14-17-25(33-3)18-15-21)29(32,23-12-8-5-9-13-23)28(31)22-10-6-4-7-11-22/h4-20,32H,1-3H3. The van der Waals surface area contributed by atoms with Crippen LogP contribution in [0.5, 0.6) is 0 Å². The van der Waals surface area contributed by atoms with E-state index in [-0.39, 0.29) is 5.78 Å². The molecule has 0 spiro atoms. The average Bonchev–Trinajstić information content (AvgIpc) is 2.88. The number of hydrogen-bond donors (Lipinski definition) is 1. The fourth-order valence-corrected chi connectivity index (χ4v) is 4.43. The van der Waals surface area contributed by atoms with Crippen molar-refractivity contribution in [2.75, 3.05) is 25.3 Å². The second-order valence-electron chi connectivity index (χ2n) is 8.12. The van der Waals surface area contributed by atoms with Crippen molar-refractivity contribution in [2.45, 2.75) is 10.5 Å². The first-order chi connectivity index (χ1) is 15.9. The third-order valence-electron chi connectivity index (χ3n) is 5.87. The molecule has 4 aromatic rings. The van der Waals surface area contributed by atoms with Gasteiger partial charge in [-0.25, -0.2) is 0 Å². The Morgan fingerprint density at radius 3 is 2.00 bits per heavy atom. The Kier molecular flexibility index (Phi) is 6.68. The van der Waals surface area contributed by atoms with Crippen molar-refractivity contribution in [1.82, 2.24) is 0 Å². The Hall–Kier alpha value is -3.34. The molecule has 0 bridgehead atoms. The van der Waals surface area contributed by atoms with E-state index >= 15 is 0 Å². The molecule has 1 atom stereocenters. The van der Waals surface area contributed by atoms with Gasteiger partial charge in [0.05, 0.1) is 0 Å². The number of hydrogen-bond acceptors (Lipinski definition) is 4. The number of carbonyl (C=O) groups excluding carboxylic acids is 1. The Bertz CT molecular complexity index is 1240. The number of thioether (sulfide) groups is 1. The minimum absolute atomic E-state index is 0.353. The second-order valence-corrected chi connectivity index (χ2v) is 9.00. The minimum atomic E-state index is -1.85. The highest BCUT2D eigenvalue weighted by Crippen LogP contribution is 2.41. The topological polar surface area (TPSA) is 40.5 Å². The molecule has 0 heterocycles. The van der Waals surface area contributed by atoms with Gasteiger partial charge in [0.25, 0.3) is 0 Å². The second kappa shape index (κ2) is 9.65. The number of aliphatic hydroxyl groups is 1. The minimum Gasteiger partial charge on any atom is -0.378 e. The van der Waals surface area contributed by atoms with Crippen LogP contribution >= 0.6 is 11.8 Å². The van der Waals surface area contributed by atoms with Gasteiger partial charge in [-0.2, -0.15) is 0 Å². The largest absolute Gasteiger partial charge is 0.378 e. The third kappa shape index (κ3) is 4.45. The van der Waals surface area contributed by atoms with Gasteiger partial charge in [0.15, 0.2) is 5.60 Å². The molecule has 0 saturated heterocycles. The summed E-state index contributed by atoms with van der Waals surface area (Å²) in [6, 6.07) is 32.3. The Labute approximate surface area is 199 Å². The molecule has 4 heteroatoms. The lowest BCUT2D eigenvalue weighted by atomic mass is 9.77. The normalized spacial score (nSPS) is 12.7. The van der Waals surface area contributed by atoms with Crippen LogP contribution in [0.1, 0.15) is 21.5 Å². The Morgan fingerprint density at radius 2 is 1.42 bits per heavy atom. The number of ketones is 1. The first-order valence-corrected chi connectivity index (χ1v) is 12.0. The third-order valence-corrected chi connectivity index (χ3v) is 6.61. The lowest BCUT2D eigenvalue weighted by Crippen LogP contribution is -2.37. The molecule has 0 aliphatic rings. The lowest BCUT2D eigenvalue weighted by Gasteiger charge is -2.31. The number of anilines is 1. The van der Waals surface area contributed by atoms with Crippen LogP contribution in [0.4, 0.5) is 5.69 Å². The molecule has 1 unspecified atom stereocenters. The summed E-state index contributed by atoms with van der Waals surface area (Å²) in [5.74, 6) is -0.353. The quantitative estimate of drug-likeness (QED) is 0.265.